The Kier molecular flexibility index (Phi) is 5.20. The Bertz CT molecular complexity index is 1000. The number of nitrogens with one attached hydrogen (secondary N) is 2. The van der Waals surface area contributed by atoms with E-state index in [4.69, 9.17) is 0 Å². The van der Waals surface area contributed by atoms with Crippen molar-refractivity contribution in [1.29, 1.82) is 0 Å². The predicted octanol–water partition coefficient (Wildman–Crippen LogP) is 3.92. The zero-order chi connectivity index (χ0) is 20.3. The molecule has 2 amide bonds. The zero-order valence-electron chi connectivity index (χ0n) is 15.6. The van der Waals surface area contributed by atoms with Crippen LogP contribution in [0.3, 0.4) is 0 Å². The molecule has 1 saturated carbocycles. The zero-order valence-corrected chi connectivity index (χ0v) is 15.6. The second-order valence-electron chi connectivity index (χ2n) is 7.06. The summed E-state index contributed by atoms with van der Waals surface area (Å²) in [6, 6.07) is 6.38. The third-order valence-electron chi connectivity index (χ3n) is 5.18. The van der Waals surface area contributed by atoms with Crippen molar-refractivity contribution in [1.82, 2.24) is 25.1 Å². The maximum atomic E-state index is 14.6. The Hall–Kier alpha value is -3.36. The van der Waals surface area contributed by atoms with E-state index in [1.165, 1.54) is 29.5 Å². The molecule has 1 aromatic carbocycles. The van der Waals surface area contributed by atoms with Crippen LogP contribution < -0.4 is 10.6 Å². The second kappa shape index (κ2) is 7.94. The lowest BCUT2D eigenvalue weighted by Crippen LogP contribution is -2.49. The van der Waals surface area contributed by atoms with Gasteiger partial charge in [0.2, 0.25) is 0 Å². The van der Waals surface area contributed by atoms with Crippen LogP contribution in [0.1, 0.15) is 37.7 Å². The third-order valence-corrected chi connectivity index (χ3v) is 5.18. The first-order valence-electron chi connectivity index (χ1n) is 9.42. The van der Waals surface area contributed by atoms with Crippen molar-refractivity contribution in [2.75, 3.05) is 5.32 Å². The van der Waals surface area contributed by atoms with E-state index in [2.05, 4.69) is 25.7 Å². The molecule has 0 unspecified atom stereocenters. The first-order chi connectivity index (χ1) is 14.1. The van der Waals surface area contributed by atoms with Crippen LogP contribution in [0.4, 0.5) is 19.3 Å². The summed E-state index contributed by atoms with van der Waals surface area (Å²) in [6.45, 7) is 0. The van der Waals surface area contributed by atoms with Gasteiger partial charge in [0.25, 0.3) is 0 Å². The Labute approximate surface area is 166 Å². The Morgan fingerprint density at radius 3 is 2.69 bits per heavy atom. The van der Waals surface area contributed by atoms with Gasteiger partial charge in [-0.25, -0.2) is 28.2 Å². The Morgan fingerprint density at radius 2 is 1.97 bits per heavy atom. The normalized spacial score (nSPS) is 15.7. The summed E-state index contributed by atoms with van der Waals surface area (Å²) >= 11 is 0. The number of rotatable bonds is 4. The molecule has 0 radical (unpaired) electrons. The second-order valence-corrected chi connectivity index (χ2v) is 7.06. The molecule has 1 aliphatic rings. The number of benzene rings is 1. The van der Waals surface area contributed by atoms with Crippen LogP contribution in [0.15, 0.2) is 49.2 Å². The van der Waals surface area contributed by atoms with Gasteiger partial charge in [-0.1, -0.05) is 25.3 Å². The van der Waals surface area contributed by atoms with Crippen molar-refractivity contribution < 1.29 is 13.6 Å². The van der Waals surface area contributed by atoms with Gasteiger partial charge < -0.3 is 10.6 Å². The van der Waals surface area contributed by atoms with E-state index in [0.29, 0.717) is 29.9 Å². The number of hydrogen-bond acceptors (Lipinski definition) is 4. The van der Waals surface area contributed by atoms with Crippen LogP contribution in [-0.4, -0.2) is 25.8 Å². The highest BCUT2D eigenvalue weighted by molar-refractivity contribution is 5.91. The molecular formula is C20H20F2N6O. The van der Waals surface area contributed by atoms with Crippen molar-refractivity contribution in [3.63, 3.8) is 0 Å². The van der Waals surface area contributed by atoms with Crippen molar-refractivity contribution in [3.05, 3.63) is 66.4 Å². The Balaban J connectivity index is 1.60. The summed E-state index contributed by atoms with van der Waals surface area (Å²) in [4.78, 5) is 21.0. The number of carbonyl (C=O) groups excluding carboxylic acids is 1. The Morgan fingerprint density at radius 1 is 1.14 bits per heavy atom. The highest BCUT2D eigenvalue weighted by atomic mass is 19.1. The number of anilines is 1. The van der Waals surface area contributed by atoms with E-state index >= 15 is 0 Å². The number of hydrogen-bond donors (Lipinski definition) is 2. The van der Waals surface area contributed by atoms with E-state index in [-0.39, 0.29) is 0 Å². The van der Waals surface area contributed by atoms with E-state index < -0.39 is 23.2 Å². The van der Waals surface area contributed by atoms with E-state index in [9.17, 15) is 13.6 Å². The highest BCUT2D eigenvalue weighted by Crippen LogP contribution is 2.38. The smallest absolute Gasteiger partial charge is 0.320 e. The molecule has 0 saturated heterocycles. The van der Waals surface area contributed by atoms with Gasteiger partial charge in [-0.3, -0.25) is 0 Å². The first kappa shape index (κ1) is 19.0. The number of amides is 2. The minimum atomic E-state index is -0.893. The van der Waals surface area contributed by atoms with Crippen LogP contribution in [-0.2, 0) is 5.54 Å². The van der Waals surface area contributed by atoms with E-state index in [1.807, 2.05) is 0 Å². The standard InChI is InChI=1S/C20H20F2N6O/c21-14-6-7-15(16(22)11-14)20(8-2-1-3-9-20)27-19(29)26-17-5-4-10-24-18(17)28-13-23-12-25-28/h4-7,10-13H,1-3,8-9H2,(H2,26,27,29). The van der Waals surface area contributed by atoms with Crippen molar-refractivity contribution >= 4 is 11.7 Å². The van der Waals surface area contributed by atoms with E-state index in [0.717, 1.165) is 25.3 Å². The summed E-state index contributed by atoms with van der Waals surface area (Å²) in [5.41, 5.74) is -0.159. The fraction of sp³-hybridized carbons (Fsp3) is 0.300. The summed E-state index contributed by atoms with van der Waals surface area (Å²) in [5, 5.41) is 9.76. The fourth-order valence-corrected chi connectivity index (χ4v) is 3.86. The maximum Gasteiger partial charge on any atom is 0.320 e. The fourth-order valence-electron chi connectivity index (χ4n) is 3.86. The number of urea groups is 1. The molecule has 1 fully saturated rings. The number of carbonyl (C=O) groups is 1. The van der Waals surface area contributed by atoms with Crippen molar-refractivity contribution in [3.8, 4) is 5.82 Å². The molecule has 4 rings (SSSR count). The van der Waals surface area contributed by atoms with Gasteiger partial charge in [0.15, 0.2) is 5.82 Å². The van der Waals surface area contributed by atoms with Crippen molar-refractivity contribution in [2.24, 2.45) is 0 Å². The molecule has 0 aliphatic heterocycles. The van der Waals surface area contributed by atoms with Crippen molar-refractivity contribution in [2.45, 2.75) is 37.6 Å². The van der Waals surface area contributed by atoms with Crippen LogP contribution >= 0.6 is 0 Å². The van der Waals surface area contributed by atoms with Crippen LogP contribution in [0.25, 0.3) is 5.82 Å². The van der Waals surface area contributed by atoms with Gasteiger partial charge in [0, 0.05) is 17.8 Å². The molecule has 1 aliphatic carbocycles. The summed E-state index contributed by atoms with van der Waals surface area (Å²) in [5.74, 6) is -0.891. The molecule has 150 valence electrons. The molecule has 0 bridgehead atoms. The van der Waals surface area contributed by atoms with E-state index in [1.54, 1.807) is 18.3 Å². The molecule has 29 heavy (non-hydrogen) atoms. The third kappa shape index (κ3) is 3.94. The monoisotopic (exact) mass is 398 g/mol. The molecule has 0 atom stereocenters. The molecule has 2 N–H and O–H groups in total. The first-order valence-corrected chi connectivity index (χ1v) is 9.42. The summed E-state index contributed by atoms with van der Waals surface area (Å²) in [7, 11) is 0. The van der Waals surface area contributed by atoms with Crippen LogP contribution in [0.5, 0.6) is 0 Å². The average molecular weight is 398 g/mol. The molecule has 2 aromatic heterocycles. The van der Waals surface area contributed by atoms with Crippen LogP contribution in [0, 0.1) is 11.6 Å². The molecule has 2 heterocycles. The quantitative estimate of drug-likeness (QED) is 0.698. The topological polar surface area (TPSA) is 84.7 Å². The molecule has 3 aromatic rings. The molecule has 0 spiro atoms. The lowest BCUT2D eigenvalue weighted by atomic mass is 9.76. The number of pyridine rings is 1. The van der Waals surface area contributed by atoms with Gasteiger partial charge in [-0.2, -0.15) is 5.10 Å². The largest absolute Gasteiger partial charge is 0.328 e. The lowest BCUT2D eigenvalue weighted by molar-refractivity contribution is 0.209. The van der Waals surface area contributed by atoms with Gasteiger partial charge >= 0.3 is 6.03 Å². The summed E-state index contributed by atoms with van der Waals surface area (Å²) < 4.78 is 29.4. The predicted molar refractivity (Wildman–Crippen MR) is 102 cm³/mol. The van der Waals surface area contributed by atoms with Gasteiger partial charge in [-0.05, 0) is 31.0 Å². The minimum Gasteiger partial charge on any atom is -0.328 e. The highest BCUT2D eigenvalue weighted by Gasteiger charge is 2.37. The van der Waals surface area contributed by atoms with Gasteiger partial charge in [0.1, 0.15) is 24.3 Å². The minimum absolute atomic E-state index is 0.302. The number of halogens is 2. The SMILES string of the molecule is O=C(Nc1cccnc1-n1cncn1)NC1(c2ccc(F)cc2F)CCCCC1. The molecule has 7 nitrogen and oxygen atoms in total. The van der Waals surface area contributed by atoms with Gasteiger partial charge in [-0.15, -0.1) is 0 Å². The summed E-state index contributed by atoms with van der Waals surface area (Å²) in [6.07, 6.45) is 8.26. The lowest BCUT2D eigenvalue weighted by Gasteiger charge is -2.38. The molecular weight excluding hydrogens is 378 g/mol. The number of aromatic nitrogens is 4. The van der Waals surface area contributed by atoms with Crippen LogP contribution in [0.2, 0.25) is 0 Å². The maximum absolute atomic E-state index is 14.6. The number of nitrogens with zero attached hydrogens (tertiary/aromatic N) is 4. The molecule has 9 heteroatoms. The van der Waals surface area contributed by atoms with Gasteiger partial charge in [0.05, 0.1) is 11.2 Å². The average Bonchev–Trinajstić information content (AvgIpc) is 3.23.